The van der Waals surface area contributed by atoms with E-state index in [1.165, 1.54) is 12.1 Å². The number of benzene rings is 2. The number of hydrogen-bond acceptors (Lipinski definition) is 3. The number of anilines is 2. The van der Waals surface area contributed by atoms with Crippen LogP contribution >= 0.6 is 11.6 Å². The molecule has 0 saturated heterocycles. The summed E-state index contributed by atoms with van der Waals surface area (Å²) >= 11 is 6.03. The summed E-state index contributed by atoms with van der Waals surface area (Å²) in [4.78, 5) is 0. The van der Waals surface area contributed by atoms with Crippen LogP contribution in [0.3, 0.4) is 0 Å². The SMILES string of the molecule is CCCN(/N=C(\C)c1cc(Cl)ccc1N)c1ccc(F)cc1. The van der Waals surface area contributed by atoms with Gasteiger partial charge in [-0.3, -0.25) is 5.01 Å². The standard InChI is InChI=1S/C17H19ClFN3/c1-3-10-22(15-7-5-14(19)6-8-15)21-12(2)16-11-13(18)4-9-17(16)20/h4-9,11H,3,10,20H2,1-2H3/b21-12+. The van der Waals surface area contributed by atoms with Gasteiger partial charge in [0.15, 0.2) is 0 Å². The summed E-state index contributed by atoms with van der Waals surface area (Å²) in [5.41, 5.74) is 9.02. The number of nitrogen functional groups attached to an aromatic ring is 1. The number of rotatable bonds is 5. The van der Waals surface area contributed by atoms with E-state index in [1.807, 2.05) is 11.9 Å². The van der Waals surface area contributed by atoms with Crippen molar-refractivity contribution in [2.75, 3.05) is 17.3 Å². The highest BCUT2D eigenvalue weighted by Crippen LogP contribution is 2.21. The van der Waals surface area contributed by atoms with Crippen LogP contribution in [0.5, 0.6) is 0 Å². The Hall–Kier alpha value is -2.07. The summed E-state index contributed by atoms with van der Waals surface area (Å²) in [6.07, 6.45) is 0.916. The van der Waals surface area contributed by atoms with E-state index in [0.29, 0.717) is 10.7 Å². The molecule has 0 heterocycles. The summed E-state index contributed by atoms with van der Waals surface area (Å²) < 4.78 is 13.1. The molecule has 0 spiro atoms. The van der Waals surface area contributed by atoms with Gasteiger partial charge >= 0.3 is 0 Å². The third kappa shape index (κ3) is 3.98. The highest BCUT2D eigenvalue weighted by Gasteiger charge is 2.09. The molecule has 5 heteroatoms. The van der Waals surface area contributed by atoms with E-state index in [2.05, 4.69) is 12.0 Å². The van der Waals surface area contributed by atoms with Crippen molar-refractivity contribution in [3.05, 3.63) is 58.9 Å². The molecule has 2 aromatic rings. The molecule has 0 aromatic heterocycles. The second-order valence-corrected chi connectivity index (χ2v) is 5.45. The first-order chi connectivity index (χ1) is 10.5. The Morgan fingerprint density at radius 2 is 1.91 bits per heavy atom. The lowest BCUT2D eigenvalue weighted by Crippen LogP contribution is -2.19. The molecule has 0 aliphatic rings. The van der Waals surface area contributed by atoms with Crippen LogP contribution in [0.1, 0.15) is 25.8 Å². The molecule has 2 aromatic carbocycles. The number of halogens is 2. The van der Waals surface area contributed by atoms with Crippen LogP contribution in [0.15, 0.2) is 47.6 Å². The first-order valence-electron chi connectivity index (χ1n) is 7.15. The van der Waals surface area contributed by atoms with E-state index in [9.17, 15) is 4.39 Å². The minimum Gasteiger partial charge on any atom is -0.398 e. The van der Waals surface area contributed by atoms with Crippen molar-refractivity contribution >= 4 is 28.7 Å². The number of hydrogen-bond donors (Lipinski definition) is 1. The molecule has 2 N–H and O–H groups in total. The molecule has 0 unspecified atom stereocenters. The zero-order valence-corrected chi connectivity index (χ0v) is 13.4. The van der Waals surface area contributed by atoms with Crippen molar-refractivity contribution in [3.8, 4) is 0 Å². The van der Waals surface area contributed by atoms with E-state index in [0.717, 1.165) is 29.9 Å². The maximum atomic E-state index is 13.1. The highest BCUT2D eigenvalue weighted by atomic mass is 35.5. The lowest BCUT2D eigenvalue weighted by atomic mass is 10.1. The predicted octanol–water partition coefficient (Wildman–Crippen LogP) is 4.70. The summed E-state index contributed by atoms with van der Waals surface area (Å²) in [6.45, 7) is 4.67. The molecule has 0 aliphatic heterocycles. The van der Waals surface area contributed by atoms with Gasteiger partial charge in [0.25, 0.3) is 0 Å². The quantitative estimate of drug-likeness (QED) is 0.493. The van der Waals surface area contributed by atoms with Crippen LogP contribution in [-0.2, 0) is 0 Å². The molecule has 0 amide bonds. The monoisotopic (exact) mass is 319 g/mol. The molecule has 116 valence electrons. The number of hydrazone groups is 1. The van der Waals surface area contributed by atoms with Gasteiger partial charge in [-0.15, -0.1) is 0 Å². The smallest absolute Gasteiger partial charge is 0.123 e. The first-order valence-corrected chi connectivity index (χ1v) is 7.52. The maximum absolute atomic E-state index is 13.1. The molecule has 22 heavy (non-hydrogen) atoms. The summed E-state index contributed by atoms with van der Waals surface area (Å²) in [7, 11) is 0. The van der Waals surface area contributed by atoms with Crippen molar-refractivity contribution in [1.29, 1.82) is 0 Å². The predicted molar refractivity (Wildman–Crippen MR) is 92.1 cm³/mol. The van der Waals surface area contributed by atoms with E-state index in [-0.39, 0.29) is 5.82 Å². The zero-order chi connectivity index (χ0) is 16.1. The van der Waals surface area contributed by atoms with Gasteiger partial charge in [-0.1, -0.05) is 18.5 Å². The molecule has 0 radical (unpaired) electrons. The van der Waals surface area contributed by atoms with E-state index in [1.54, 1.807) is 30.3 Å². The Morgan fingerprint density at radius 1 is 1.23 bits per heavy atom. The van der Waals surface area contributed by atoms with E-state index < -0.39 is 0 Å². The fourth-order valence-corrected chi connectivity index (χ4v) is 2.31. The van der Waals surface area contributed by atoms with Gasteiger partial charge in [0, 0.05) is 22.8 Å². The third-order valence-corrected chi connectivity index (χ3v) is 3.47. The Labute approximate surface area is 135 Å². The Morgan fingerprint density at radius 3 is 2.55 bits per heavy atom. The minimum absolute atomic E-state index is 0.264. The zero-order valence-electron chi connectivity index (χ0n) is 12.7. The Bertz CT molecular complexity index is 668. The molecule has 0 fully saturated rings. The van der Waals surface area contributed by atoms with Crippen LogP contribution in [-0.4, -0.2) is 12.3 Å². The normalized spacial score (nSPS) is 11.5. The highest BCUT2D eigenvalue weighted by molar-refractivity contribution is 6.31. The van der Waals surface area contributed by atoms with Gasteiger partial charge in [0.1, 0.15) is 5.82 Å². The van der Waals surface area contributed by atoms with Crippen LogP contribution in [0.2, 0.25) is 5.02 Å². The fourth-order valence-electron chi connectivity index (χ4n) is 2.14. The van der Waals surface area contributed by atoms with Crippen LogP contribution in [0.25, 0.3) is 0 Å². The second-order valence-electron chi connectivity index (χ2n) is 5.02. The molecular weight excluding hydrogens is 301 g/mol. The molecule has 0 atom stereocenters. The van der Waals surface area contributed by atoms with Crippen molar-refractivity contribution in [2.45, 2.75) is 20.3 Å². The van der Waals surface area contributed by atoms with Gasteiger partial charge in [0.2, 0.25) is 0 Å². The van der Waals surface area contributed by atoms with Gasteiger partial charge in [-0.2, -0.15) is 5.10 Å². The first kappa shape index (κ1) is 16.3. The lowest BCUT2D eigenvalue weighted by Gasteiger charge is -2.20. The van der Waals surface area contributed by atoms with Crippen LogP contribution in [0, 0.1) is 5.82 Å². The van der Waals surface area contributed by atoms with Crippen LogP contribution < -0.4 is 10.7 Å². The van der Waals surface area contributed by atoms with E-state index in [4.69, 9.17) is 17.3 Å². The van der Waals surface area contributed by atoms with Crippen molar-refractivity contribution < 1.29 is 4.39 Å². The Kier molecular flexibility index (Phi) is 5.39. The minimum atomic E-state index is -0.264. The van der Waals surface area contributed by atoms with Gasteiger partial charge in [-0.25, -0.2) is 4.39 Å². The molecule has 3 nitrogen and oxygen atoms in total. The molecule has 0 aliphatic carbocycles. The third-order valence-electron chi connectivity index (χ3n) is 3.24. The van der Waals surface area contributed by atoms with Crippen molar-refractivity contribution in [2.24, 2.45) is 5.10 Å². The summed E-state index contributed by atoms with van der Waals surface area (Å²) in [5, 5.41) is 7.08. The summed E-state index contributed by atoms with van der Waals surface area (Å²) in [5.74, 6) is -0.264. The van der Waals surface area contributed by atoms with Gasteiger partial charge in [-0.05, 0) is 55.8 Å². The van der Waals surface area contributed by atoms with Gasteiger partial charge < -0.3 is 5.73 Å². The number of nitrogens with zero attached hydrogens (tertiary/aromatic N) is 2. The molecular formula is C17H19ClFN3. The van der Waals surface area contributed by atoms with Gasteiger partial charge in [0.05, 0.1) is 11.4 Å². The topological polar surface area (TPSA) is 41.6 Å². The average Bonchev–Trinajstić information content (AvgIpc) is 2.50. The molecule has 0 bridgehead atoms. The van der Waals surface area contributed by atoms with Crippen molar-refractivity contribution in [1.82, 2.24) is 0 Å². The van der Waals surface area contributed by atoms with Crippen LogP contribution in [0.4, 0.5) is 15.8 Å². The fraction of sp³-hybridized carbons (Fsp3) is 0.235. The van der Waals surface area contributed by atoms with E-state index >= 15 is 0 Å². The molecule has 0 saturated carbocycles. The number of nitrogens with two attached hydrogens (primary N) is 1. The average molecular weight is 320 g/mol. The summed E-state index contributed by atoms with van der Waals surface area (Å²) in [6, 6.07) is 11.6. The van der Waals surface area contributed by atoms with Crippen molar-refractivity contribution in [3.63, 3.8) is 0 Å². The Balaban J connectivity index is 2.36. The second kappa shape index (κ2) is 7.27. The molecule has 2 rings (SSSR count). The maximum Gasteiger partial charge on any atom is 0.123 e. The lowest BCUT2D eigenvalue weighted by molar-refractivity contribution is 0.627. The largest absolute Gasteiger partial charge is 0.398 e.